The highest BCUT2D eigenvalue weighted by molar-refractivity contribution is 5.90. The van der Waals surface area contributed by atoms with E-state index in [-0.39, 0.29) is 30.3 Å². The van der Waals surface area contributed by atoms with Crippen molar-refractivity contribution in [2.24, 2.45) is 45.8 Å². The molecule has 36 heavy (non-hydrogen) atoms. The molecule has 202 valence electrons. The van der Waals surface area contributed by atoms with Crippen molar-refractivity contribution >= 4 is 12.3 Å². The number of carboxylic acid groups (broad SMARTS) is 1. The fourth-order valence-corrected chi connectivity index (χ4v) is 9.35. The number of rotatable bonds is 8. The molecular formula is C27H40O9. The number of hydrogen-bond donors (Lipinski definition) is 4. The molecule has 4 fully saturated rings. The van der Waals surface area contributed by atoms with E-state index in [4.69, 9.17) is 14.2 Å². The topological polar surface area (TPSA) is 143 Å². The van der Waals surface area contributed by atoms with Gasteiger partial charge in [0.1, 0.15) is 36.1 Å². The second-order valence-electron chi connectivity index (χ2n) is 12.2. The van der Waals surface area contributed by atoms with E-state index in [0.717, 1.165) is 24.7 Å². The van der Waals surface area contributed by atoms with E-state index in [1.54, 1.807) is 0 Å². The van der Waals surface area contributed by atoms with Crippen molar-refractivity contribution in [3.63, 3.8) is 0 Å². The normalized spacial score (nSPS) is 51.3. The van der Waals surface area contributed by atoms with Crippen molar-refractivity contribution in [3.8, 4) is 0 Å². The number of aldehydes is 1. The maximum atomic E-state index is 13.5. The molecule has 0 radical (unpaired) electrons. The van der Waals surface area contributed by atoms with Crippen molar-refractivity contribution in [1.29, 1.82) is 0 Å². The quantitative estimate of drug-likeness (QED) is 0.282. The number of hydrogen-bond acceptors (Lipinski definition) is 8. The molecular weight excluding hydrogens is 468 g/mol. The Hall–Kier alpha value is -1.36. The lowest BCUT2D eigenvalue weighted by Crippen LogP contribution is -2.64. The molecule has 0 aromatic carbocycles. The van der Waals surface area contributed by atoms with E-state index < -0.39 is 59.5 Å². The Morgan fingerprint density at radius 3 is 2.56 bits per heavy atom. The van der Waals surface area contributed by atoms with Gasteiger partial charge < -0.3 is 39.4 Å². The largest absolute Gasteiger partial charge is 0.481 e. The minimum absolute atomic E-state index is 0.0150. The van der Waals surface area contributed by atoms with Crippen LogP contribution in [0.3, 0.4) is 0 Å². The van der Waals surface area contributed by atoms with Crippen LogP contribution in [0.2, 0.25) is 0 Å². The van der Waals surface area contributed by atoms with Crippen molar-refractivity contribution in [2.75, 3.05) is 20.3 Å². The monoisotopic (exact) mass is 508 g/mol. The Balaban J connectivity index is 1.56. The van der Waals surface area contributed by atoms with Gasteiger partial charge >= 0.3 is 5.97 Å². The maximum absolute atomic E-state index is 13.5. The van der Waals surface area contributed by atoms with Gasteiger partial charge in [0.2, 0.25) is 0 Å². The fraction of sp³-hybridized carbons (Fsp3) is 0.852. The first-order valence-electron chi connectivity index (χ1n) is 13.2. The van der Waals surface area contributed by atoms with Crippen LogP contribution in [0, 0.1) is 45.8 Å². The van der Waals surface area contributed by atoms with Gasteiger partial charge in [-0.05, 0) is 48.9 Å². The number of carboxylic acids is 1. The molecule has 4 aliphatic carbocycles. The van der Waals surface area contributed by atoms with Gasteiger partial charge in [0.25, 0.3) is 0 Å². The molecule has 1 aliphatic heterocycles. The molecule has 0 amide bonds. The number of fused-ring (bicyclic) bond motifs is 2. The van der Waals surface area contributed by atoms with Crippen LogP contribution >= 0.6 is 0 Å². The van der Waals surface area contributed by atoms with Crippen molar-refractivity contribution in [3.05, 3.63) is 11.6 Å². The van der Waals surface area contributed by atoms with Gasteiger partial charge in [0, 0.05) is 12.5 Å². The van der Waals surface area contributed by atoms with Crippen LogP contribution in [-0.4, -0.2) is 83.7 Å². The first-order valence-corrected chi connectivity index (χ1v) is 13.2. The van der Waals surface area contributed by atoms with Gasteiger partial charge in [0.05, 0.1) is 18.6 Å². The number of aliphatic hydroxyl groups is 3. The lowest BCUT2D eigenvalue weighted by molar-refractivity contribution is -0.313. The minimum atomic E-state index is -1.44. The Bertz CT molecular complexity index is 932. The molecule has 0 aromatic rings. The average molecular weight is 509 g/mol. The van der Waals surface area contributed by atoms with Crippen LogP contribution < -0.4 is 0 Å². The highest BCUT2D eigenvalue weighted by Crippen LogP contribution is 2.82. The van der Waals surface area contributed by atoms with Crippen LogP contribution in [-0.2, 0) is 23.8 Å². The van der Waals surface area contributed by atoms with E-state index in [1.165, 1.54) is 7.11 Å². The molecule has 9 heteroatoms. The van der Waals surface area contributed by atoms with E-state index in [9.17, 15) is 30.0 Å². The average Bonchev–Trinajstić information content (AvgIpc) is 3.42. The number of aliphatic hydroxyl groups excluding tert-OH is 3. The van der Waals surface area contributed by atoms with E-state index >= 15 is 0 Å². The molecule has 5 aliphatic rings. The summed E-state index contributed by atoms with van der Waals surface area (Å²) in [5, 5.41) is 42.1. The summed E-state index contributed by atoms with van der Waals surface area (Å²) < 4.78 is 17.2. The lowest BCUT2D eigenvalue weighted by atomic mass is 9.43. The summed E-state index contributed by atoms with van der Waals surface area (Å²) in [7, 11) is 1.36. The summed E-state index contributed by atoms with van der Waals surface area (Å²) in [5.74, 6) is -0.586. The zero-order chi connectivity index (χ0) is 26.2. The smallest absolute Gasteiger partial charge is 0.315 e. The molecule has 9 nitrogen and oxygen atoms in total. The molecule has 0 aromatic heterocycles. The Labute approximate surface area is 211 Å². The molecule has 4 bridgehead atoms. The third-order valence-corrected chi connectivity index (χ3v) is 10.7. The van der Waals surface area contributed by atoms with Crippen molar-refractivity contribution in [1.82, 2.24) is 0 Å². The molecule has 12 unspecified atom stereocenters. The minimum Gasteiger partial charge on any atom is -0.481 e. The molecule has 3 saturated carbocycles. The second-order valence-corrected chi connectivity index (χ2v) is 12.2. The number of aliphatic carboxylic acids is 1. The summed E-state index contributed by atoms with van der Waals surface area (Å²) >= 11 is 0. The first-order chi connectivity index (χ1) is 17.1. The van der Waals surface area contributed by atoms with Gasteiger partial charge in [-0.15, -0.1) is 0 Å². The summed E-state index contributed by atoms with van der Waals surface area (Å²) in [4.78, 5) is 26.6. The van der Waals surface area contributed by atoms with E-state index in [0.29, 0.717) is 18.8 Å². The maximum Gasteiger partial charge on any atom is 0.315 e. The number of methoxy groups -OCH3 is 1. The highest BCUT2D eigenvalue weighted by Gasteiger charge is 2.84. The SMILES string of the molecule is COC1C(CO)OC(OCC23CC4C(C)CCC4C4(C=O)CC2C=C(C(C)C)C43C(=O)O)C(O)C1O. The Morgan fingerprint density at radius 2 is 1.97 bits per heavy atom. The second kappa shape index (κ2) is 8.85. The van der Waals surface area contributed by atoms with Gasteiger partial charge in [-0.25, -0.2) is 0 Å². The third kappa shape index (κ3) is 2.98. The lowest BCUT2D eigenvalue weighted by Gasteiger charge is -2.58. The molecule has 0 spiro atoms. The molecule has 5 rings (SSSR count). The van der Waals surface area contributed by atoms with Crippen LogP contribution in [0.1, 0.15) is 46.5 Å². The van der Waals surface area contributed by atoms with Gasteiger partial charge in [0.15, 0.2) is 6.29 Å². The number of allylic oxidation sites excluding steroid dienone is 1. The fourth-order valence-electron chi connectivity index (χ4n) is 9.35. The number of ether oxygens (including phenoxy) is 3. The number of carbonyl (C=O) groups is 2. The van der Waals surface area contributed by atoms with Gasteiger partial charge in [-0.3, -0.25) is 4.79 Å². The zero-order valence-corrected chi connectivity index (χ0v) is 21.5. The number of carbonyl (C=O) groups excluding carboxylic acids is 1. The predicted molar refractivity (Wildman–Crippen MR) is 127 cm³/mol. The van der Waals surface area contributed by atoms with Gasteiger partial charge in [-0.2, -0.15) is 0 Å². The summed E-state index contributed by atoms with van der Waals surface area (Å²) in [6.45, 7) is 5.68. The standard InChI is InChI=1S/C27H40O9/c1-13(2)18-7-15-8-25(11-29)17-6-5-14(3)16(17)9-26(15,27(18,25)24(32)33)12-35-23-21(31)20(30)22(34-4)19(10-28)36-23/h7,11,13-17,19-23,28,30-31H,5-6,8-10,12H2,1-4H3,(H,32,33). The summed E-state index contributed by atoms with van der Waals surface area (Å²) in [6, 6.07) is 0. The van der Waals surface area contributed by atoms with Crippen LogP contribution in [0.15, 0.2) is 11.6 Å². The summed E-state index contributed by atoms with van der Waals surface area (Å²) in [5.41, 5.74) is -2.47. The highest BCUT2D eigenvalue weighted by atomic mass is 16.7. The summed E-state index contributed by atoms with van der Waals surface area (Å²) in [6.07, 6.45) is 0.0714. The Morgan fingerprint density at radius 1 is 1.25 bits per heavy atom. The third-order valence-electron chi connectivity index (χ3n) is 10.7. The van der Waals surface area contributed by atoms with Crippen LogP contribution in [0.4, 0.5) is 0 Å². The molecule has 4 N–H and O–H groups in total. The zero-order valence-electron chi connectivity index (χ0n) is 21.5. The van der Waals surface area contributed by atoms with E-state index in [2.05, 4.69) is 13.0 Å². The Kier molecular flexibility index (Phi) is 6.45. The van der Waals surface area contributed by atoms with Crippen LogP contribution in [0.5, 0.6) is 0 Å². The molecule has 12 atom stereocenters. The van der Waals surface area contributed by atoms with Crippen molar-refractivity contribution < 1.29 is 44.2 Å². The predicted octanol–water partition coefficient (Wildman–Crippen LogP) is 1.38. The van der Waals surface area contributed by atoms with Crippen molar-refractivity contribution in [2.45, 2.75) is 77.2 Å². The molecule has 1 heterocycles. The van der Waals surface area contributed by atoms with Gasteiger partial charge in [-0.1, -0.05) is 38.8 Å². The first kappa shape index (κ1) is 26.3. The van der Waals surface area contributed by atoms with Crippen LogP contribution in [0.25, 0.3) is 0 Å². The van der Waals surface area contributed by atoms with E-state index in [1.807, 2.05) is 13.8 Å². The molecule has 1 saturated heterocycles.